The van der Waals surface area contributed by atoms with Crippen molar-refractivity contribution >= 4 is 5.97 Å². The van der Waals surface area contributed by atoms with E-state index >= 15 is 0 Å². The van der Waals surface area contributed by atoms with Crippen LogP contribution >= 0.6 is 0 Å². The highest BCUT2D eigenvalue weighted by Gasteiger charge is 2.63. The Hall–Kier alpha value is -1.75. The molecule has 0 radical (unpaired) electrons. The summed E-state index contributed by atoms with van der Waals surface area (Å²) in [5.41, 5.74) is 1.60. The van der Waals surface area contributed by atoms with Crippen molar-refractivity contribution in [1.82, 2.24) is 0 Å². The van der Waals surface area contributed by atoms with Crippen molar-refractivity contribution < 1.29 is 9.90 Å². The fraction of sp³-hybridized carbons (Fsp3) is 0.357. The van der Waals surface area contributed by atoms with Crippen LogP contribution in [-0.4, -0.2) is 11.1 Å². The van der Waals surface area contributed by atoms with E-state index in [1.165, 1.54) is 0 Å². The van der Waals surface area contributed by atoms with Crippen LogP contribution in [0.1, 0.15) is 30.9 Å². The van der Waals surface area contributed by atoms with Crippen LogP contribution < -0.4 is 0 Å². The molecule has 2 nitrogen and oxygen atoms in total. The quantitative estimate of drug-likeness (QED) is 0.768. The minimum absolute atomic E-state index is 0.0391. The van der Waals surface area contributed by atoms with Gasteiger partial charge in [0.05, 0.1) is 5.92 Å². The van der Waals surface area contributed by atoms with Crippen molar-refractivity contribution in [2.75, 3.05) is 0 Å². The zero-order chi connectivity index (χ0) is 11.9. The Bertz CT molecular complexity index is 480. The first kappa shape index (κ1) is 10.8. The second kappa shape index (κ2) is 3.38. The normalized spacial score (nSPS) is 25.8. The van der Waals surface area contributed by atoms with E-state index in [4.69, 9.17) is 11.5 Å². The number of rotatable bonds is 2. The average molecular weight is 214 g/mol. The lowest BCUT2D eigenvalue weighted by atomic mass is 9.98. The fourth-order valence-electron chi connectivity index (χ4n) is 2.58. The van der Waals surface area contributed by atoms with Crippen molar-refractivity contribution in [3.8, 4) is 12.3 Å². The summed E-state index contributed by atoms with van der Waals surface area (Å²) in [5.74, 6) is 1.61. The molecule has 0 saturated heterocycles. The molecule has 82 valence electrons. The molecule has 0 heterocycles. The van der Waals surface area contributed by atoms with Crippen LogP contribution in [0.5, 0.6) is 0 Å². The fourth-order valence-corrected chi connectivity index (χ4v) is 2.58. The van der Waals surface area contributed by atoms with Crippen LogP contribution in [0.4, 0.5) is 0 Å². The van der Waals surface area contributed by atoms with Crippen molar-refractivity contribution in [3.63, 3.8) is 0 Å². The molecule has 2 atom stereocenters. The zero-order valence-corrected chi connectivity index (χ0v) is 9.40. The molecule has 2 heteroatoms. The predicted octanol–water partition coefficient (Wildman–Crippen LogP) is 2.49. The first-order valence-corrected chi connectivity index (χ1v) is 5.28. The van der Waals surface area contributed by atoms with Crippen LogP contribution in [0, 0.1) is 23.7 Å². The molecule has 0 unspecified atom stereocenters. The van der Waals surface area contributed by atoms with E-state index in [1.807, 2.05) is 38.1 Å². The Balaban J connectivity index is 2.42. The largest absolute Gasteiger partial charge is 0.481 e. The van der Waals surface area contributed by atoms with Crippen LogP contribution in [0.3, 0.4) is 0 Å². The van der Waals surface area contributed by atoms with Gasteiger partial charge in [0.1, 0.15) is 0 Å². The van der Waals surface area contributed by atoms with E-state index in [1.54, 1.807) is 0 Å². The molecule has 1 aromatic rings. The van der Waals surface area contributed by atoms with E-state index in [0.717, 1.165) is 11.1 Å². The Morgan fingerprint density at radius 3 is 2.56 bits per heavy atom. The molecule has 0 bridgehead atoms. The lowest BCUT2D eigenvalue weighted by molar-refractivity contribution is -0.139. The maximum Gasteiger partial charge on any atom is 0.307 e. The van der Waals surface area contributed by atoms with Crippen molar-refractivity contribution in [2.45, 2.75) is 19.8 Å². The summed E-state index contributed by atoms with van der Waals surface area (Å²) in [4.78, 5) is 11.1. The third-order valence-electron chi connectivity index (χ3n) is 3.54. The number of terminal acetylenes is 1. The average Bonchev–Trinajstić information content (AvgIpc) is 2.81. The summed E-state index contributed by atoms with van der Waals surface area (Å²) in [6.45, 7) is 3.95. The van der Waals surface area contributed by atoms with Crippen LogP contribution in [-0.2, 0) is 4.79 Å². The molecule has 16 heavy (non-hydrogen) atoms. The number of hydrogen-bond acceptors (Lipinski definition) is 1. The van der Waals surface area contributed by atoms with Gasteiger partial charge in [0.2, 0.25) is 0 Å². The molecule has 0 aromatic heterocycles. The molecule has 1 aromatic carbocycles. The number of aliphatic carboxylic acids is 1. The predicted molar refractivity (Wildman–Crippen MR) is 62.0 cm³/mol. The van der Waals surface area contributed by atoms with E-state index in [9.17, 15) is 4.79 Å². The van der Waals surface area contributed by atoms with Crippen molar-refractivity contribution in [1.29, 1.82) is 0 Å². The van der Waals surface area contributed by atoms with Crippen LogP contribution in [0.25, 0.3) is 0 Å². The molecular weight excluding hydrogens is 200 g/mol. The van der Waals surface area contributed by atoms with Gasteiger partial charge in [-0.1, -0.05) is 38.0 Å². The second-order valence-electron chi connectivity index (χ2n) is 4.85. The summed E-state index contributed by atoms with van der Waals surface area (Å²) in [7, 11) is 0. The van der Waals surface area contributed by atoms with Gasteiger partial charge in [0.15, 0.2) is 0 Å². The minimum atomic E-state index is -0.734. The molecule has 1 aliphatic rings. The molecule has 0 spiro atoms. The summed E-state index contributed by atoms with van der Waals surface area (Å²) in [6, 6.07) is 7.58. The van der Waals surface area contributed by atoms with E-state index < -0.39 is 5.97 Å². The first-order valence-electron chi connectivity index (χ1n) is 5.28. The van der Waals surface area contributed by atoms with Crippen LogP contribution in [0.15, 0.2) is 24.3 Å². The maximum absolute atomic E-state index is 11.1. The van der Waals surface area contributed by atoms with Gasteiger partial charge in [-0.2, -0.15) is 0 Å². The van der Waals surface area contributed by atoms with Gasteiger partial charge < -0.3 is 5.11 Å². The summed E-state index contributed by atoms with van der Waals surface area (Å²) >= 11 is 0. The number of benzene rings is 1. The number of carboxylic acids is 1. The Kier molecular flexibility index (Phi) is 2.27. The van der Waals surface area contributed by atoms with Gasteiger partial charge in [0.25, 0.3) is 0 Å². The molecule has 1 N–H and O–H groups in total. The van der Waals surface area contributed by atoms with Crippen LogP contribution in [0.2, 0.25) is 0 Å². The molecule has 0 aliphatic heterocycles. The second-order valence-corrected chi connectivity index (χ2v) is 4.85. The summed E-state index contributed by atoms with van der Waals surface area (Å²) < 4.78 is 0. The summed E-state index contributed by atoms with van der Waals surface area (Å²) in [6.07, 6.45) is 5.43. The molecule has 1 fully saturated rings. The zero-order valence-electron chi connectivity index (χ0n) is 9.40. The minimum Gasteiger partial charge on any atom is -0.481 e. The maximum atomic E-state index is 11.1. The smallest absolute Gasteiger partial charge is 0.307 e. The lowest BCUT2D eigenvalue weighted by Gasteiger charge is -2.05. The van der Waals surface area contributed by atoms with Gasteiger partial charge in [0, 0.05) is 11.5 Å². The standard InChI is InChI=1S/C14H14O2/c1-4-9-7-5-6-8-10(9)11-12(13(15)16)14(11,2)3/h1,5-8,11-12H,2-3H3,(H,15,16)/t11-,12+/m1/s1. The monoisotopic (exact) mass is 214 g/mol. The molecular formula is C14H14O2. The number of hydrogen-bond donors (Lipinski definition) is 1. The Labute approximate surface area is 95.3 Å². The molecule has 1 aliphatic carbocycles. The van der Waals surface area contributed by atoms with E-state index in [2.05, 4.69) is 5.92 Å². The molecule has 2 rings (SSSR count). The van der Waals surface area contributed by atoms with Gasteiger partial charge in [-0.3, -0.25) is 4.79 Å². The van der Waals surface area contributed by atoms with Crippen molar-refractivity contribution in [3.05, 3.63) is 35.4 Å². The van der Waals surface area contributed by atoms with Gasteiger partial charge in [-0.05, 0) is 17.0 Å². The number of carboxylic acid groups (broad SMARTS) is 1. The topological polar surface area (TPSA) is 37.3 Å². The molecule has 1 saturated carbocycles. The van der Waals surface area contributed by atoms with E-state index in [0.29, 0.717) is 0 Å². The SMILES string of the molecule is C#Cc1ccccc1[C@@H]1[C@@H](C(=O)O)C1(C)C. The molecule has 0 amide bonds. The third-order valence-corrected chi connectivity index (χ3v) is 3.54. The van der Waals surface area contributed by atoms with Gasteiger partial charge >= 0.3 is 5.97 Å². The third kappa shape index (κ3) is 1.40. The van der Waals surface area contributed by atoms with Gasteiger partial charge in [-0.15, -0.1) is 6.42 Å². The van der Waals surface area contributed by atoms with Gasteiger partial charge in [-0.25, -0.2) is 0 Å². The lowest BCUT2D eigenvalue weighted by Crippen LogP contribution is -2.03. The highest BCUT2D eigenvalue weighted by atomic mass is 16.4. The Morgan fingerprint density at radius 1 is 1.44 bits per heavy atom. The highest BCUT2D eigenvalue weighted by molar-refractivity contribution is 5.78. The van der Waals surface area contributed by atoms with E-state index in [-0.39, 0.29) is 17.3 Å². The Morgan fingerprint density at radius 2 is 2.06 bits per heavy atom. The summed E-state index contributed by atoms with van der Waals surface area (Å²) in [5, 5.41) is 9.13. The number of carbonyl (C=O) groups is 1. The van der Waals surface area contributed by atoms with Crippen molar-refractivity contribution in [2.24, 2.45) is 11.3 Å². The first-order chi connectivity index (χ1) is 7.50. The highest BCUT2D eigenvalue weighted by Crippen LogP contribution is 2.64.